The molecular weight excluding hydrogens is 729 g/mol. The number of para-hydroxylation sites is 1. The lowest BCUT2D eigenvalue weighted by atomic mass is 9.85. The summed E-state index contributed by atoms with van der Waals surface area (Å²) in [5.74, 6) is -2.05. The summed E-state index contributed by atoms with van der Waals surface area (Å²) in [5.41, 5.74) is 4.12. The van der Waals surface area contributed by atoms with Gasteiger partial charge in [-0.25, -0.2) is 22.6 Å². The van der Waals surface area contributed by atoms with Crippen molar-refractivity contribution in [1.29, 1.82) is 0 Å². The van der Waals surface area contributed by atoms with Gasteiger partial charge in [-0.15, -0.1) is 0 Å². The van der Waals surface area contributed by atoms with Gasteiger partial charge in [-0.2, -0.15) is 5.10 Å². The van der Waals surface area contributed by atoms with Gasteiger partial charge in [0.05, 0.1) is 29.5 Å². The van der Waals surface area contributed by atoms with Crippen molar-refractivity contribution in [1.82, 2.24) is 19.8 Å². The van der Waals surface area contributed by atoms with Gasteiger partial charge in [0, 0.05) is 34.8 Å². The highest BCUT2D eigenvalue weighted by molar-refractivity contribution is 7.90. The zero-order valence-corrected chi connectivity index (χ0v) is 31.9. The quantitative estimate of drug-likeness (QED) is 0.0874. The molecule has 2 heterocycles. The molecule has 11 nitrogen and oxygen atoms in total. The van der Waals surface area contributed by atoms with E-state index in [1.165, 1.54) is 24.3 Å². The largest absolute Gasteiger partial charge is 0.461 e. The summed E-state index contributed by atoms with van der Waals surface area (Å²) in [6.45, 7) is 4.16. The number of hydrogen-bond acceptors (Lipinski definition) is 9. The van der Waals surface area contributed by atoms with Crippen molar-refractivity contribution in [2.45, 2.75) is 57.0 Å². The molecule has 0 radical (unpaired) electrons. The molecule has 0 aliphatic carbocycles. The van der Waals surface area contributed by atoms with E-state index < -0.39 is 27.7 Å². The van der Waals surface area contributed by atoms with E-state index in [1.54, 1.807) is 48.0 Å². The summed E-state index contributed by atoms with van der Waals surface area (Å²) in [5, 5.41) is 19.6. The van der Waals surface area contributed by atoms with Crippen molar-refractivity contribution in [3.63, 3.8) is 0 Å². The molecule has 0 bridgehead atoms. The van der Waals surface area contributed by atoms with Crippen molar-refractivity contribution in [2.75, 3.05) is 13.2 Å². The standard InChI is InChI=1S/C44H42N4O7S/c1-3-5-18-39-40(41(44(52)55-4-2)46-48(39)33-15-7-6-8-16-33)35-22-20-30(43(51)47-56(53,54)34-21-19-28-12-9-10-13-29(28)23-34)24-38(35)42(50)36-17-11-14-31-26-45-32(27-49)25-37(31)36/h6-17,19-24,32,45,49H,3-5,18,25-27H2,1-2H3,(H,47,51). The third-order valence-corrected chi connectivity index (χ3v) is 11.4. The molecule has 1 unspecified atom stereocenters. The summed E-state index contributed by atoms with van der Waals surface area (Å²) in [6, 6.07) is 30.8. The van der Waals surface area contributed by atoms with Crippen LogP contribution in [0.1, 0.15) is 80.3 Å². The minimum absolute atomic E-state index is 0.00609. The maximum absolute atomic E-state index is 15.0. The number of ether oxygens (including phenoxy) is 1. The number of nitrogens with one attached hydrogen (secondary N) is 2. The predicted molar refractivity (Wildman–Crippen MR) is 213 cm³/mol. The van der Waals surface area contributed by atoms with E-state index in [0.717, 1.165) is 29.4 Å². The van der Waals surface area contributed by atoms with Gasteiger partial charge in [-0.05, 0) is 90.0 Å². The van der Waals surface area contributed by atoms with Crippen LogP contribution >= 0.6 is 0 Å². The highest BCUT2D eigenvalue weighted by Crippen LogP contribution is 2.37. The number of fused-ring (bicyclic) bond motifs is 2. The van der Waals surface area contributed by atoms with Crippen LogP contribution in [-0.2, 0) is 34.1 Å². The third-order valence-electron chi connectivity index (χ3n) is 10.0. The van der Waals surface area contributed by atoms with Crippen molar-refractivity contribution >= 4 is 38.5 Å². The molecule has 286 valence electrons. The maximum atomic E-state index is 15.0. The van der Waals surface area contributed by atoms with E-state index >= 15 is 4.79 Å². The molecule has 5 aromatic carbocycles. The number of rotatable bonds is 13. The minimum Gasteiger partial charge on any atom is -0.461 e. The highest BCUT2D eigenvalue weighted by atomic mass is 32.2. The summed E-state index contributed by atoms with van der Waals surface area (Å²) >= 11 is 0. The van der Waals surface area contributed by atoms with Gasteiger partial charge >= 0.3 is 5.97 Å². The molecule has 12 heteroatoms. The fraction of sp³-hybridized carbons (Fsp3) is 0.227. The zero-order valence-electron chi connectivity index (χ0n) is 31.1. The molecule has 1 aromatic heterocycles. The first-order valence-electron chi connectivity index (χ1n) is 18.7. The second kappa shape index (κ2) is 16.4. The van der Waals surface area contributed by atoms with Gasteiger partial charge < -0.3 is 15.2 Å². The SMILES string of the molecule is CCCCc1c(-c2ccc(C(=O)NS(=O)(=O)c3ccc4ccccc4c3)cc2C(=O)c2cccc3c2CC(CO)NC3)c(C(=O)OCC)nn1-c1ccccc1. The number of nitrogens with zero attached hydrogens (tertiary/aromatic N) is 2. The number of carbonyl (C=O) groups is 3. The van der Waals surface area contributed by atoms with Crippen LogP contribution in [0.4, 0.5) is 0 Å². The number of aliphatic hydroxyl groups excluding tert-OH is 1. The summed E-state index contributed by atoms with van der Waals surface area (Å²) in [7, 11) is -4.33. The molecule has 0 fully saturated rings. The number of esters is 1. The van der Waals surface area contributed by atoms with Crippen LogP contribution in [0.15, 0.2) is 114 Å². The van der Waals surface area contributed by atoms with Gasteiger partial charge in [-0.1, -0.05) is 86.1 Å². The summed E-state index contributed by atoms with van der Waals surface area (Å²) in [4.78, 5) is 42.6. The monoisotopic (exact) mass is 770 g/mol. The van der Waals surface area contributed by atoms with Gasteiger partial charge in [0.2, 0.25) is 0 Å². The number of benzene rings is 5. The Kier molecular flexibility index (Phi) is 11.2. The molecule has 0 saturated heterocycles. The minimum atomic E-state index is -4.33. The molecule has 1 aliphatic rings. The normalized spacial score (nSPS) is 13.9. The molecule has 3 N–H and O–H groups in total. The Balaban J connectivity index is 1.41. The number of carbonyl (C=O) groups excluding carboxylic acids is 3. The number of unbranched alkanes of at least 4 members (excludes halogenated alkanes) is 1. The number of amides is 1. The first-order valence-corrected chi connectivity index (χ1v) is 20.2. The van der Waals surface area contributed by atoms with Crippen LogP contribution in [0.25, 0.3) is 27.6 Å². The molecule has 1 aliphatic heterocycles. The lowest BCUT2D eigenvalue weighted by Gasteiger charge is -2.26. The maximum Gasteiger partial charge on any atom is 0.359 e. The van der Waals surface area contributed by atoms with Gasteiger partial charge in [0.25, 0.3) is 15.9 Å². The lowest BCUT2D eigenvalue weighted by Crippen LogP contribution is -2.39. The highest BCUT2D eigenvalue weighted by Gasteiger charge is 2.31. The van der Waals surface area contributed by atoms with Crippen molar-refractivity contribution in [3.05, 3.63) is 148 Å². The van der Waals surface area contributed by atoms with Crippen LogP contribution in [0, 0.1) is 0 Å². The number of hydrogen-bond donors (Lipinski definition) is 3. The zero-order chi connectivity index (χ0) is 39.4. The van der Waals surface area contributed by atoms with Gasteiger partial charge in [-0.3, -0.25) is 9.59 Å². The topological polar surface area (TPSA) is 157 Å². The molecular formula is C44H42N4O7S. The Morgan fingerprint density at radius 1 is 0.893 bits per heavy atom. The van der Waals surface area contributed by atoms with E-state index in [-0.39, 0.29) is 41.0 Å². The fourth-order valence-corrected chi connectivity index (χ4v) is 8.21. The van der Waals surface area contributed by atoms with Gasteiger partial charge in [0.1, 0.15) is 0 Å². The molecule has 6 aromatic rings. The number of aromatic nitrogens is 2. The fourth-order valence-electron chi connectivity index (χ4n) is 7.20. The van der Waals surface area contributed by atoms with Crippen LogP contribution < -0.4 is 10.0 Å². The molecule has 0 saturated carbocycles. The lowest BCUT2D eigenvalue weighted by molar-refractivity contribution is 0.0519. The second-order valence-corrected chi connectivity index (χ2v) is 15.4. The van der Waals surface area contributed by atoms with Crippen LogP contribution in [0.2, 0.25) is 0 Å². The first kappa shape index (κ1) is 38.3. The third kappa shape index (κ3) is 7.63. The Labute approximate surface area is 325 Å². The van der Waals surface area contributed by atoms with Crippen LogP contribution in [0.3, 0.4) is 0 Å². The van der Waals surface area contributed by atoms with Crippen molar-refractivity contribution in [3.8, 4) is 16.8 Å². The molecule has 1 atom stereocenters. The van der Waals surface area contributed by atoms with E-state index in [9.17, 15) is 23.1 Å². The summed E-state index contributed by atoms with van der Waals surface area (Å²) < 4.78 is 36.6. The van der Waals surface area contributed by atoms with Crippen molar-refractivity contribution < 1.29 is 32.6 Å². The molecule has 1 amide bonds. The number of sulfonamides is 1. The Morgan fingerprint density at radius 2 is 1.66 bits per heavy atom. The Hall–Kier alpha value is -5.95. The molecule has 56 heavy (non-hydrogen) atoms. The average molecular weight is 771 g/mol. The van der Waals surface area contributed by atoms with E-state index in [0.29, 0.717) is 52.8 Å². The average Bonchev–Trinajstić information content (AvgIpc) is 3.61. The van der Waals surface area contributed by atoms with Gasteiger partial charge in [0.15, 0.2) is 11.5 Å². The first-order chi connectivity index (χ1) is 27.1. The predicted octanol–water partition coefficient (Wildman–Crippen LogP) is 6.57. The van der Waals surface area contributed by atoms with E-state index in [2.05, 4.69) is 17.0 Å². The molecule has 0 spiro atoms. The summed E-state index contributed by atoms with van der Waals surface area (Å²) in [6.07, 6.45) is 2.46. The van der Waals surface area contributed by atoms with E-state index in [1.807, 2.05) is 48.5 Å². The Morgan fingerprint density at radius 3 is 2.41 bits per heavy atom. The Bertz CT molecular complexity index is 2570. The second-order valence-electron chi connectivity index (χ2n) is 13.7. The van der Waals surface area contributed by atoms with Crippen LogP contribution in [0.5, 0.6) is 0 Å². The smallest absolute Gasteiger partial charge is 0.359 e. The molecule has 7 rings (SSSR count). The number of ketones is 1. The number of aliphatic hydroxyl groups is 1. The van der Waals surface area contributed by atoms with Crippen molar-refractivity contribution in [2.24, 2.45) is 0 Å². The van der Waals surface area contributed by atoms with E-state index in [4.69, 9.17) is 9.84 Å². The van der Waals surface area contributed by atoms with Crippen LogP contribution in [-0.4, -0.2) is 60.2 Å².